The van der Waals surface area contributed by atoms with E-state index >= 15 is 0 Å². The zero-order valence-electron chi connectivity index (χ0n) is 13.1. The Labute approximate surface area is 124 Å². The summed E-state index contributed by atoms with van der Waals surface area (Å²) in [5.74, 6) is -1.03. The van der Waals surface area contributed by atoms with Gasteiger partial charge in [-0.2, -0.15) is 0 Å². The van der Waals surface area contributed by atoms with Crippen LogP contribution in [0.1, 0.15) is 90.4 Å². The van der Waals surface area contributed by atoms with Crippen LogP contribution in [-0.4, -0.2) is 18.2 Å². The summed E-state index contributed by atoms with van der Waals surface area (Å²) in [5.41, 5.74) is -0.904. The Bertz CT molecular complexity index is 259. The Morgan fingerprint density at radius 3 is 1.65 bits per heavy atom. The standard InChI is InChI=1S/C17H32O3/c1-2-3-4-5-6-7-8-9-10-11-12-13-14-17(15-20-17)16(18)19/h2-15H2,1H3,(H,18,19)/p-1. The summed E-state index contributed by atoms with van der Waals surface area (Å²) in [5, 5.41) is 10.8. The molecule has 0 aromatic heterocycles. The molecule has 118 valence electrons. The molecule has 20 heavy (non-hydrogen) atoms. The van der Waals surface area contributed by atoms with E-state index in [0.717, 1.165) is 12.8 Å². The van der Waals surface area contributed by atoms with Crippen LogP contribution in [-0.2, 0) is 9.53 Å². The van der Waals surface area contributed by atoms with Crippen LogP contribution in [0.2, 0.25) is 0 Å². The van der Waals surface area contributed by atoms with Crippen LogP contribution < -0.4 is 5.11 Å². The number of unbranched alkanes of at least 4 members (excludes halogenated alkanes) is 11. The maximum absolute atomic E-state index is 10.8. The highest BCUT2D eigenvalue weighted by molar-refractivity contribution is 5.78. The van der Waals surface area contributed by atoms with Crippen LogP contribution in [0.3, 0.4) is 0 Å². The number of carbonyl (C=O) groups is 1. The first-order valence-electron chi connectivity index (χ1n) is 8.57. The van der Waals surface area contributed by atoms with Gasteiger partial charge in [-0.1, -0.05) is 84.0 Å². The minimum Gasteiger partial charge on any atom is -0.547 e. The third-order valence-corrected chi connectivity index (χ3v) is 4.30. The fourth-order valence-corrected chi connectivity index (χ4v) is 2.70. The molecule has 0 radical (unpaired) electrons. The van der Waals surface area contributed by atoms with Crippen LogP contribution >= 0.6 is 0 Å². The lowest BCUT2D eigenvalue weighted by molar-refractivity contribution is -0.312. The Kier molecular flexibility index (Phi) is 8.92. The van der Waals surface area contributed by atoms with Gasteiger partial charge < -0.3 is 14.6 Å². The second-order valence-corrected chi connectivity index (χ2v) is 6.21. The summed E-state index contributed by atoms with van der Waals surface area (Å²) in [6, 6.07) is 0. The maximum atomic E-state index is 10.8. The van der Waals surface area contributed by atoms with Crippen molar-refractivity contribution in [3.63, 3.8) is 0 Å². The third kappa shape index (κ3) is 7.28. The zero-order chi connectivity index (χ0) is 14.7. The minimum atomic E-state index is -1.03. The van der Waals surface area contributed by atoms with Gasteiger partial charge >= 0.3 is 0 Å². The van der Waals surface area contributed by atoms with E-state index in [2.05, 4.69) is 6.92 Å². The normalized spacial score (nSPS) is 21.1. The second-order valence-electron chi connectivity index (χ2n) is 6.21. The van der Waals surface area contributed by atoms with Crippen LogP contribution in [0, 0.1) is 0 Å². The smallest absolute Gasteiger partial charge is 0.131 e. The highest BCUT2D eigenvalue weighted by Gasteiger charge is 2.45. The number of aliphatic carboxylic acids is 1. The highest BCUT2D eigenvalue weighted by atomic mass is 16.6. The lowest BCUT2D eigenvalue weighted by Gasteiger charge is -2.12. The van der Waals surface area contributed by atoms with E-state index in [1.807, 2.05) is 0 Å². The second kappa shape index (κ2) is 10.2. The van der Waals surface area contributed by atoms with Gasteiger partial charge in [-0.25, -0.2) is 0 Å². The molecule has 1 atom stereocenters. The van der Waals surface area contributed by atoms with Crippen LogP contribution in [0.4, 0.5) is 0 Å². The van der Waals surface area contributed by atoms with Crippen molar-refractivity contribution in [2.45, 2.75) is 96.0 Å². The molecule has 0 N–H and O–H groups in total. The first-order valence-corrected chi connectivity index (χ1v) is 8.57. The van der Waals surface area contributed by atoms with Crippen LogP contribution in [0.5, 0.6) is 0 Å². The molecule has 0 aromatic rings. The quantitative estimate of drug-likeness (QED) is 0.361. The molecule has 3 heteroatoms. The van der Waals surface area contributed by atoms with Crippen molar-refractivity contribution in [2.75, 3.05) is 6.61 Å². The number of hydrogen-bond donors (Lipinski definition) is 0. The first kappa shape index (κ1) is 17.5. The fraction of sp³-hybridized carbons (Fsp3) is 0.941. The first-order chi connectivity index (χ1) is 9.71. The Morgan fingerprint density at radius 1 is 0.900 bits per heavy atom. The predicted molar refractivity (Wildman–Crippen MR) is 79.4 cm³/mol. The summed E-state index contributed by atoms with van der Waals surface area (Å²) < 4.78 is 5.00. The predicted octanol–water partition coefficient (Wildman–Crippen LogP) is 3.60. The molecular weight excluding hydrogens is 252 g/mol. The zero-order valence-corrected chi connectivity index (χ0v) is 13.1. The molecule has 0 aromatic carbocycles. The van der Waals surface area contributed by atoms with Gasteiger partial charge in [0.05, 0.1) is 12.6 Å². The number of carbonyl (C=O) groups excluding carboxylic acids is 1. The number of carboxylic acids is 1. The van der Waals surface area contributed by atoms with Crippen molar-refractivity contribution in [3.8, 4) is 0 Å². The lowest BCUT2D eigenvalue weighted by Crippen LogP contribution is -2.38. The van der Waals surface area contributed by atoms with Gasteiger partial charge in [-0.15, -0.1) is 0 Å². The van der Waals surface area contributed by atoms with Gasteiger partial charge in [-0.3, -0.25) is 0 Å². The summed E-state index contributed by atoms with van der Waals surface area (Å²) in [6.45, 7) is 2.61. The topological polar surface area (TPSA) is 52.7 Å². The average molecular weight is 283 g/mol. The SMILES string of the molecule is CCCCCCCCCCCCCCC1(C(=O)[O-])CO1. The Hall–Kier alpha value is -0.570. The van der Waals surface area contributed by atoms with Crippen molar-refractivity contribution in [1.29, 1.82) is 0 Å². The van der Waals surface area contributed by atoms with E-state index in [0.29, 0.717) is 13.0 Å². The number of epoxide rings is 1. The number of rotatable bonds is 14. The van der Waals surface area contributed by atoms with E-state index in [1.165, 1.54) is 64.2 Å². The molecule has 1 rings (SSSR count). The molecule has 0 amide bonds. The third-order valence-electron chi connectivity index (χ3n) is 4.30. The van der Waals surface area contributed by atoms with E-state index in [9.17, 15) is 9.90 Å². The molecule has 1 aliphatic rings. The van der Waals surface area contributed by atoms with E-state index in [-0.39, 0.29) is 0 Å². The van der Waals surface area contributed by atoms with Gasteiger partial charge in [0, 0.05) is 0 Å². The van der Waals surface area contributed by atoms with Crippen molar-refractivity contribution < 1.29 is 14.6 Å². The monoisotopic (exact) mass is 283 g/mol. The van der Waals surface area contributed by atoms with Crippen LogP contribution in [0.25, 0.3) is 0 Å². The van der Waals surface area contributed by atoms with Crippen molar-refractivity contribution in [3.05, 3.63) is 0 Å². The average Bonchev–Trinajstić information content (AvgIpc) is 3.21. The molecule has 1 unspecified atom stereocenters. The highest BCUT2D eigenvalue weighted by Crippen LogP contribution is 2.32. The van der Waals surface area contributed by atoms with Gasteiger partial charge in [0.15, 0.2) is 0 Å². The van der Waals surface area contributed by atoms with Crippen molar-refractivity contribution in [2.24, 2.45) is 0 Å². The van der Waals surface area contributed by atoms with E-state index < -0.39 is 11.6 Å². The molecular formula is C17H31O3-. The van der Waals surface area contributed by atoms with Gasteiger partial charge in [0.2, 0.25) is 0 Å². The molecule has 1 fully saturated rings. The summed E-state index contributed by atoms with van der Waals surface area (Å²) in [4.78, 5) is 10.8. The number of ether oxygens (including phenoxy) is 1. The molecule has 1 saturated heterocycles. The van der Waals surface area contributed by atoms with Gasteiger partial charge in [-0.05, 0) is 6.42 Å². The molecule has 1 aliphatic heterocycles. The van der Waals surface area contributed by atoms with Crippen molar-refractivity contribution in [1.82, 2.24) is 0 Å². The Balaban J connectivity index is 1.76. The molecule has 0 aliphatic carbocycles. The molecule has 0 bridgehead atoms. The lowest BCUT2D eigenvalue weighted by atomic mass is 10.0. The molecule has 3 nitrogen and oxygen atoms in total. The van der Waals surface area contributed by atoms with Gasteiger partial charge in [0.25, 0.3) is 0 Å². The molecule has 1 heterocycles. The fourth-order valence-electron chi connectivity index (χ4n) is 2.70. The van der Waals surface area contributed by atoms with Crippen molar-refractivity contribution >= 4 is 5.97 Å². The maximum Gasteiger partial charge on any atom is 0.131 e. The molecule has 0 spiro atoms. The Morgan fingerprint density at radius 2 is 1.30 bits per heavy atom. The molecule has 0 saturated carbocycles. The largest absolute Gasteiger partial charge is 0.547 e. The van der Waals surface area contributed by atoms with E-state index in [4.69, 9.17) is 4.74 Å². The minimum absolute atomic E-state index is 0.355. The summed E-state index contributed by atoms with van der Waals surface area (Å²) in [7, 11) is 0. The number of hydrogen-bond acceptors (Lipinski definition) is 3. The summed E-state index contributed by atoms with van der Waals surface area (Å²) >= 11 is 0. The number of carboxylic acid groups (broad SMARTS) is 1. The summed E-state index contributed by atoms with van der Waals surface area (Å²) in [6.07, 6.45) is 16.2. The van der Waals surface area contributed by atoms with Crippen LogP contribution in [0.15, 0.2) is 0 Å². The van der Waals surface area contributed by atoms with E-state index in [1.54, 1.807) is 0 Å². The van der Waals surface area contributed by atoms with Gasteiger partial charge in [0.1, 0.15) is 5.60 Å².